The van der Waals surface area contributed by atoms with E-state index in [0.717, 1.165) is 0 Å². The van der Waals surface area contributed by atoms with Crippen LogP contribution in [0.4, 0.5) is 0 Å². The number of carbonyl (C=O) groups excluding carboxylic acids is 2. The van der Waals surface area contributed by atoms with Gasteiger partial charge in [0.25, 0.3) is 5.91 Å². The van der Waals surface area contributed by atoms with Gasteiger partial charge in [0.05, 0.1) is 17.8 Å². The van der Waals surface area contributed by atoms with Crippen LogP contribution in [0.1, 0.15) is 10.4 Å². The number of pyridine rings is 1. The molecule has 0 unspecified atom stereocenters. The van der Waals surface area contributed by atoms with Crippen molar-refractivity contribution in [2.45, 2.75) is 0 Å². The molecule has 0 radical (unpaired) electrons. The first-order valence-corrected chi connectivity index (χ1v) is 6.98. The minimum atomic E-state index is -0.0664. The summed E-state index contributed by atoms with van der Waals surface area (Å²) in [6, 6.07) is 1.70. The van der Waals surface area contributed by atoms with Crippen molar-refractivity contribution >= 4 is 23.0 Å². The molecule has 7 heteroatoms. The summed E-state index contributed by atoms with van der Waals surface area (Å²) in [5.41, 5.74) is 1.87. The number of aryl methyl sites for hydroxylation is 1. The molecule has 2 aromatic heterocycles. The lowest BCUT2D eigenvalue weighted by atomic mass is 10.0. The van der Waals surface area contributed by atoms with Gasteiger partial charge in [-0.05, 0) is 6.07 Å². The normalized spacial score (nSPS) is 24.4. The van der Waals surface area contributed by atoms with E-state index in [-0.39, 0.29) is 23.7 Å². The Morgan fingerprint density at radius 1 is 1.38 bits per heavy atom. The van der Waals surface area contributed by atoms with Crippen molar-refractivity contribution in [1.29, 1.82) is 0 Å². The van der Waals surface area contributed by atoms with Crippen LogP contribution in [0.5, 0.6) is 0 Å². The van der Waals surface area contributed by atoms with E-state index < -0.39 is 0 Å². The fourth-order valence-corrected chi connectivity index (χ4v) is 3.27. The standard InChI is InChI=1S/C14H15N5O2/c1-18-7-17-11-9(2-3-15-12(11)18)14(21)19-5-8-4-16-13(20)10(8)6-19/h2-3,7-8,10H,4-6H2,1H3,(H,16,20)/t8-,10+/m0/s1. The van der Waals surface area contributed by atoms with Gasteiger partial charge in [-0.25, -0.2) is 9.97 Å². The number of carbonyl (C=O) groups is 2. The zero-order chi connectivity index (χ0) is 14.6. The van der Waals surface area contributed by atoms with Crippen LogP contribution >= 0.6 is 0 Å². The topological polar surface area (TPSA) is 80.1 Å². The Hall–Kier alpha value is -2.44. The van der Waals surface area contributed by atoms with E-state index >= 15 is 0 Å². The molecule has 2 atom stereocenters. The highest BCUT2D eigenvalue weighted by Gasteiger charge is 2.43. The Kier molecular flexibility index (Phi) is 2.51. The summed E-state index contributed by atoms with van der Waals surface area (Å²) < 4.78 is 1.79. The summed E-state index contributed by atoms with van der Waals surface area (Å²) in [5.74, 6) is 0.175. The number of rotatable bonds is 1. The molecule has 0 bridgehead atoms. The fraction of sp³-hybridized carbons (Fsp3) is 0.429. The summed E-state index contributed by atoms with van der Waals surface area (Å²) in [5, 5.41) is 2.85. The van der Waals surface area contributed by atoms with Crippen LogP contribution in [0.3, 0.4) is 0 Å². The molecule has 1 N–H and O–H groups in total. The Morgan fingerprint density at radius 3 is 3.05 bits per heavy atom. The molecule has 7 nitrogen and oxygen atoms in total. The summed E-state index contributed by atoms with van der Waals surface area (Å²) in [6.45, 7) is 1.79. The van der Waals surface area contributed by atoms with Gasteiger partial charge in [-0.2, -0.15) is 0 Å². The first kappa shape index (κ1) is 12.3. The molecule has 0 aliphatic carbocycles. The van der Waals surface area contributed by atoms with Crippen molar-refractivity contribution in [3.05, 3.63) is 24.2 Å². The largest absolute Gasteiger partial charge is 0.355 e. The summed E-state index contributed by atoms with van der Waals surface area (Å²) in [6.07, 6.45) is 3.28. The van der Waals surface area contributed by atoms with Crippen molar-refractivity contribution in [3.8, 4) is 0 Å². The molecule has 2 aliphatic rings. The molecule has 4 heterocycles. The molecule has 2 amide bonds. The maximum atomic E-state index is 12.7. The van der Waals surface area contributed by atoms with E-state index in [1.54, 1.807) is 28.1 Å². The maximum absolute atomic E-state index is 12.7. The number of imidazole rings is 1. The minimum Gasteiger partial charge on any atom is -0.355 e. The summed E-state index contributed by atoms with van der Waals surface area (Å²) in [7, 11) is 1.85. The summed E-state index contributed by atoms with van der Waals surface area (Å²) in [4.78, 5) is 34.7. The van der Waals surface area contributed by atoms with Crippen LogP contribution in [0.25, 0.3) is 11.2 Å². The molecule has 0 saturated carbocycles. The minimum absolute atomic E-state index is 0.0602. The molecular weight excluding hydrogens is 270 g/mol. The lowest BCUT2D eigenvalue weighted by molar-refractivity contribution is -0.122. The van der Waals surface area contributed by atoms with Gasteiger partial charge in [0, 0.05) is 38.8 Å². The number of amides is 2. The Bertz CT molecular complexity index is 753. The van der Waals surface area contributed by atoms with E-state index in [1.165, 1.54) is 0 Å². The van der Waals surface area contributed by atoms with Gasteiger partial charge < -0.3 is 14.8 Å². The molecule has 2 saturated heterocycles. The molecule has 21 heavy (non-hydrogen) atoms. The van der Waals surface area contributed by atoms with Crippen LogP contribution in [-0.4, -0.2) is 50.9 Å². The van der Waals surface area contributed by atoms with Gasteiger partial charge in [0.15, 0.2) is 5.65 Å². The number of likely N-dealkylation sites (tertiary alicyclic amines) is 1. The van der Waals surface area contributed by atoms with Gasteiger partial charge in [-0.1, -0.05) is 0 Å². The van der Waals surface area contributed by atoms with Crippen LogP contribution in [-0.2, 0) is 11.8 Å². The van der Waals surface area contributed by atoms with Crippen LogP contribution < -0.4 is 5.32 Å². The molecule has 0 aromatic carbocycles. The number of hydrogen-bond donors (Lipinski definition) is 1. The van der Waals surface area contributed by atoms with Crippen molar-refractivity contribution in [2.75, 3.05) is 19.6 Å². The van der Waals surface area contributed by atoms with Gasteiger partial charge in [-0.15, -0.1) is 0 Å². The van der Waals surface area contributed by atoms with Crippen LogP contribution in [0.15, 0.2) is 18.6 Å². The summed E-state index contributed by atoms with van der Waals surface area (Å²) >= 11 is 0. The Balaban J connectivity index is 1.67. The molecule has 0 spiro atoms. The SMILES string of the molecule is Cn1cnc2c(C(=O)N3C[C@@H]4CNC(=O)[C@@H]4C3)ccnc21. The van der Waals surface area contributed by atoms with Gasteiger partial charge in [0.1, 0.15) is 5.52 Å². The average molecular weight is 285 g/mol. The van der Waals surface area contributed by atoms with E-state index in [0.29, 0.717) is 36.4 Å². The number of fused-ring (bicyclic) bond motifs is 2. The van der Waals surface area contributed by atoms with Crippen LogP contribution in [0.2, 0.25) is 0 Å². The second-order valence-electron chi connectivity index (χ2n) is 5.71. The molecule has 2 fully saturated rings. The molecule has 108 valence electrons. The van der Waals surface area contributed by atoms with Crippen LogP contribution in [0, 0.1) is 11.8 Å². The van der Waals surface area contributed by atoms with Gasteiger partial charge in [0.2, 0.25) is 5.91 Å². The predicted octanol–water partition coefficient (Wildman–Crippen LogP) is -0.214. The number of nitrogens with zero attached hydrogens (tertiary/aromatic N) is 4. The highest BCUT2D eigenvalue weighted by Crippen LogP contribution is 2.29. The third-order valence-electron chi connectivity index (χ3n) is 4.43. The third kappa shape index (κ3) is 1.73. The maximum Gasteiger partial charge on any atom is 0.256 e. The molecule has 4 rings (SSSR count). The number of hydrogen-bond acceptors (Lipinski definition) is 4. The average Bonchev–Trinajstić information content (AvgIpc) is 3.16. The van der Waals surface area contributed by atoms with Gasteiger partial charge in [-0.3, -0.25) is 9.59 Å². The monoisotopic (exact) mass is 285 g/mol. The van der Waals surface area contributed by atoms with E-state index in [4.69, 9.17) is 0 Å². The predicted molar refractivity (Wildman–Crippen MR) is 74.4 cm³/mol. The van der Waals surface area contributed by atoms with E-state index in [2.05, 4.69) is 15.3 Å². The fourth-order valence-electron chi connectivity index (χ4n) is 3.27. The first-order chi connectivity index (χ1) is 10.1. The van der Waals surface area contributed by atoms with Crippen molar-refractivity contribution in [2.24, 2.45) is 18.9 Å². The first-order valence-electron chi connectivity index (χ1n) is 6.98. The van der Waals surface area contributed by atoms with E-state index in [9.17, 15) is 9.59 Å². The van der Waals surface area contributed by atoms with Crippen molar-refractivity contribution in [3.63, 3.8) is 0 Å². The zero-order valence-electron chi connectivity index (χ0n) is 11.6. The lowest BCUT2D eigenvalue weighted by Crippen LogP contribution is -2.33. The molecule has 2 aliphatic heterocycles. The Labute approximate surface area is 121 Å². The highest BCUT2D eigenvalue weighted by atomic mass is 16.2. The number of nitrogens with one attached hydrogen (secondary N) is 1. The highest BCUT2D eigenvalue weighted by molar-refractivity contribution is 6.04. The quantitative estimate of drug-likeness (QED) is 0.786. The van der Waals surface area contributed by atoms with Crippen molar-refractivity contribution < 1.29 is 9.59 Å². The third-order valence-corrected chi connectivity index (χ3v) is 4.43. The Morgan fingerprint density at radius 2 is 2.24 bits per heavy atom. The molecule has 2 aromatic rings. The molecular formula is C14H15N5O2. The second kappa shape index (κ2) is 4.28. The number of aromatic nitrogens is 3. The van der Waals surface area contributed by atoms with E-state index in [1.807, 2.05) is 7.05 Å². The van der Waals surface area contributed by atoms with Crippen molar-refractivity contribution in [1.82, 2.24) is 24.8 Å². The second-order valence-corrected chi connectivity index (χ2v) is 5.71. The van der Waals surface area contributed by atoms with Gasteiger partial charge >= 0.3 is 0 Å². The smallest absolute Gasteiger partial charge is 0.256 e. The lowest BCUT2D eigenvalue weighted by Gasteiger charge is -2.17. The zero-order valence-corrected chi connectivity index (χ0v) is 11.6.